The molecule has 1 aliphatic carbocycles. The smallest absolute Gasteiger partial charge is 0.115 e. The Morgan fingerprint density at radius 3 is 3.00 bits per heavy atom. The van der Waals surface area contributed by atoms with Gasteiger partial charge in [0.1, 0.15) is 5.75 Å². The van der Waals surface area contributed by atoms with Gasteiger partial charge in [0, 0.05) is 6.04 Å². The maximum Gasteiger partial charge on any atom is 0.115 e. The Bertz CT molecular complexity index is 309. The molecule has 1 aromatic carbocycles. The highest BCUT2D eigenvalue weighted by Crippen LogP contribution is 2.23. The van der Waals surface area contributed by atoms with E-state index in [0.717, 1.165) is 19.3 Å². The lowest BCUT2D eigenvalue weighted by atomic mass is 10.0. The van der Waals surface area contributed by atoms with Gasteiger partial charge in [-0.15, -0.1) is 0 Å². The van der Waals surface area contributed by atoms with Crippen LogP contribution in [-0.2, 0) is 12.8 Å². The van der Waals surface area contributed by atoms with Gasteiger partial charge in [0.15, 0.2) is 0 Å². The summed E-state index contributed by atoms with van der Waals surface area (Å²) in [5.74, 6) is 0.354. The number of rotatable bonds is 0. The fourth-order valence-electron chi connectivity index (χ4n) is 1.99. The molecule has 0 heterocycles. The maximum absolute atomic E-state index is 9.33. The largest absolute Gasteiger partial charge is 0.508 e. The van der Waals surface area contributed by atoms with Crippen molar-refractivity contribution in [1.82, 2.24) is 0 Å². The summed E-state index contributed by atoms with van der Waals surface area (Å²) in [5, 5.41) is 9.33. The fourth-order valence-corrected chi connectivity index (χ4v) is 1.99. The van der Waals surface area contributed by atoms with E-state index in [9.17, 15) is 5.11 Å². The number of phenolic OH excluding ortho intramolecular Hbond substituents is 1. The number of benzene rings is 1. The number of nitrogens with two attached hydrogens (primary N) is 1. The summed E-state index contributed by atoms with van der Waals surface area (Å²) in [6.45, 7) is 0. The summed E-state index contributed by atoms with van der Waals surface area (Å²) >= 11 is 0. The van der Waals surface area contributed by atoms with E-state index in [4.69, 9.17) is 5.73 Å². The van der Waals surface area contributed by atoms with Gasteiger partial charge >= 0.3 is 0 Å². The van der Waals surface area contributed by atoms with Gasteiger partial charge in [-0.25, -0.2) is 0 Å². The first-order valence-electron chi connectivity index (χ1n) is 4.82. The van der Waals surface area contributed by atoms with Crippen molar-refractivity contribution in [2.75, 3.05) is 0 Å². The summed E-state index contributed by atoms with van der Waals surface area (Å²) in [6, 6.07) is 5.89. The van der Waals surface area contributed by atoms with Gasteiger partial charge in [0.2, 0.25) is 0 Å². The summed E-state index contributed by atoms with van der Waals surface area (Å²) in [6.07, 6.45) is 4.27. The van der Waals surface area contributed by atoms with Gasteiger partial charge in [-0.3, -0.25) is 0 Å². The molecule has 0 bridgehead atoms. The van der Waals surface area contributed by atoms with Crippen LogP contribution in [0.25, 0.3) is 0 Å². The topological polar surface area (TPSA) is 46.2 Å². The Morgan fingerprint density at radius 2 is 2.15 bits per heavy atom. The quantitative estimate of drug-likeness (QED) is 0.591. The highest BCUT2D eigenvalue weighted by Gasteiger charge is 2.13. The van der Waals surface area contributed by atoms with E-state index >= 15 is 0 Å². The Kier molecular flexibility index (Phi) is 2.23. The summed E-state index contributed by atoms with van der Waals surface area (Å²) in [5.41, 5.74) is 8.50. The van der Waals surface area contributed by atoms with E-state index in [-0.39, 0.29) is 6.04 Å². The van der Waals surface area contributed by atoms with Crippen LogP contribution in [0.4, 0.5) is 0 Å². The predicted octanol–water partition coefficient (Wildman–Crippen LogP) is 1.60. The average Bonchev–Trinajstić information content (AvgIpc) is 2.25. The molecule has 0 fully saturated rings. The molecule has 1 aliphatic rings. The summed E-state index contributed by atoms with van der Waals surface area (Å²) in [7, 11) is 0. The fraction of sp³-hybridized carbons (Fsp3) is 0.455. The molecule has 70 valence electrons. The van der Waals surface area contributed by atoms with E-state index < -0.39 is 0 Å². The van der Waals surface area contributed by atoms with Crippen molar-refractivity contribution in [2.24, 2.45) is 5.73 Å². The van der Waals surface area contributed by atoms with Gasteiger partial charge in [0.05, 0.1) is 0 Å². The van der Waals surface area contributed by atoms with Crippen LogP contribution in [0.1, 0.15) is 24.0 Å². The minimum Gasteiger partial charge on any atom is -0.508 e. The minimum absolute atomic E-state index is 0.267. The first-order valence-corrected chi connectivity index (χ1v) is 4.82. The predicted molar refractivity (Wildman–Crippen MR) is 52.7 cm³/mol. The molecule has 1 aromatic rings. The van der Waals surface area contributed by atoms with Gasteiger partial charge in [0.25, 0.3) is 0 Å². The van der Waals surface area contributed by atoms with Crippen molar-refractivity contribution < 1.29 is 5.11 Å². The monoisotopic (exact) mass is 177 g/mol. The molecule has 0 aliphatic heterocycles. The lowest BCUT2D eigenvalue weighted by molar-refractivity contribution is 0.474. The highest BCUT2D eigenvalue weighted by atomic mass is 16.3. The lowest BCUT2D eigenvalue weighted by Gasteiger charge is -2.08. The molecule has 0 saturated heterocycles. The molecular formula is C11H15NO. The molecule has 0 spiro atoms. The zero-order valence-electron chi connectivity index (χ0n) is 7.66. The van der Waals surface area contributed by atoms with Crippen LogP contribution < -0.4 is 5.73 Å². The van der Waals surface area contributed by atoms with Crippen LogP contribution in [-0.4, -0.2) is 11.1 Å². The second kappa shape index (κ2) is 3.38. The molecule has 2 heteroatoms. The van der Waals surface area contributed by atoms with Crippen LogP contribution in [0.3, 0.4) is 0 Å². The van der Waals surface area contributed by atoms with E-state index in [1.54, 1.807) is 6.07 Å². The number of fused-ring (bicyclic) bond motifs is 1. The summed E-state index contributed by atoms with van der Waals surface area (Å²) < 4.78 is 0. The van der Waals surface area contributed by atoms with Crippen molar-refractivity contribution in [3.63, 3.8) is 0 Å². The van der Waals surface area contributed by atoms with Crippen LogP contribution in [0.2, 0.25) is 0 Å². The third-order valence-electron chi connectivity index (χ3n) is 2.69. The zero-order valence-corrected chi connectivity index (χ0v) is 7.66. The molecular weight excluding hydrogens is 162 g/mol. The Hall–Kier alpha value is -1.02. The molecule has 2 nitrogen and oxygen atoms in total. The van der Waals surface area contributed by atoms with Crippen molar-refractivity contribution in [2.45, 2.75) is 31.7 Å². The molecule has 2 rings (SSSR count). The van der Waals surface area contributed by atoms with Crippen LogP contribution in [0.5, 0.6) is 5.75 Å². The summed E-state index contributed by atoms with van der Waals surface area (Å²) in [4.78, 5) is 0. The average molecular weight is 177 g/mol. The minimum atomic E-state index is 0.267. The normalized spacial score (nSPS) is 22.1. The number of phenols is 1. The first-order chi connectivity index (χ1) is 6.25. The lowest BCUT2D eigenvalue weighted by Crippen LogP contribution is -2.21. The number of hydrogen-bond donors (Lipinski definition) is 2. The van der Waals surface area contributed by atoms with E-state index in [0.29, 0.717) is 5.75 Å². The van der Waals surface area contributed by atoms with E-state index in [2.05, 4.69) is 0 Å². The number of aromatic hydroxyl groups is 1. The molecule has 0 radical (unpaired) electrons. The van der Waals surface area contributed by atoms with Crippen molar-refractivity contribution >= 4 is 0 Å². The molecule has 0 saturated carbocycles. The second-order valence-electron chi connectivity index (χ2n) is 3.81. The SMILES string of the molecule is N[C@@H]1CCCc2ccc(O)cc2C1. The van der Waals surface area contributed by atoms with Gasteiger partial charge in [-0.1, -0.05) is 6.07 Å². The highest BCUT2D eigenvalue weighted by molar-refractivity contribution is 5.36. The molecule has 13 heavy (non-hydrogen) atoms. The zero-order chi connectivity index (χ0) is 9.26. The third kappa shape index (κ3) is 1.83. The van der Waals surface area contributed by atoms with Crippen molar-refractivity contribution in [1.29, 1.82) is 0 Å². The van der Waals surface area contributed by atoms with Crippen LogP contribution in [0, 0.1) is 0 Å². The van der Waals surface area contributed by atoms with Crippen LogP contribution in [0.15, 0.2) is 18.2 Å². The van der Waals surface area contributed by atoms with Crippen molar-refractivity contribution in [3.8, 4) is 5.75 Å². The van der Waals surface area contributed by atoms with Gasteiger partial charge in [-0.2, -0.15) is 0 Å². The van der Waals surface area contributed by atoms with E-state index in [1.807, 2.05) is 12.1 Å². The molecule has 3 N–H and O–H groups in total. The number of aryl methyl sites for hydroxylation is 1. The van der Waals surface area contributed by atoms with Crippen LogP contribution >= 0.6 is 0 Å². The Balaban J connectivity index is 2.35. The molecule has 0 amide bonds. The molecule has 0 aromatic heterocycles. The number of hydrogen-bond acceptors (Lipinski definition) is 2. The Morgan fingerprint density at radius 1 is 1.31 bits per heavy atom. The molecule has 0 unspecified atom stereocenters. The first kappa shape index (κ1) is 8.57. The second-order valence-corrected chi connectivity index (χ2v) is 3.81. The van der Waals surface area contributed by atoms with E-state index in [1.165, 1.54) is 17.5 Å². The Labute approximate surface area is 78.4 Å². The standard InChI is InChI=1S/C11H15NO/c12-10-3-1-2-8-4-5-11(13)7-9(8)6-10/h4-5,7,10,13H,1-3,6,12H2/t10-/m1/s1. The third-order valence-corrected chi connectivity index (χ3v) is 2.69. The van der Waals surface area contributed by atoms with Crippen molar-refractivity contribution in [3.05, 3.63) is 29.3 Å². The van der Waals surface area contributed by atoms with Gasteiger partial charge in [-0.05, 0) is 48.9 Å². The maximum atomic E-state index is 9.33. The van der Waals surface area contributed by atoms with Gasteiger partial charge < -0.3 is 10.8 Å². The molecule has 1 atom stereocenters.